The van der Waals surface area contributed by atoms with E-state index in [4.69, 9.17) is 9.47 Å². The summed E-state index contributed by atoms with van der Waals surface area (Å²) < 4.78 is 15.2. The molecule has 4 heterocycles. The van der Waals surface area contributed by atoms with Gasteiger partial charge in [-0.3, -0.25) is 14.5 Å². The second kappa shape index (κ2) is 12.4. The molecule has 0 fully saturated rings. The molecular formula is C42H33N5O2. The van der Waals surface area contributed by atoms with Crippen LogP contribution in [0.1, 0.15) is 22.3 Å². The molecule has 0 spiro atoms. The third-order valence-corrected chi connectivity index (χ3v) is 8.72. The molecule has 0 saturated heterocycles. The number of ether oxygens (including phenoxy) is 2. The van der Waals surface area contributed by atoms with Crippen LogP contribution in [0, 0.1) is 27.7 Å². The third-order valence-electron chi connectivity index (χ3n) is 8.72. The minimum absolute atomic E-state index is 0.559. The highest BCUT2D eigenvalue weighted by molar-refractivity contribution is 6.09. The number of benzene rings is 4. The van der Waals surface area contributed by atoms with Crippen molar-refractivity contribution in [2.45, 2.75) is 27.7 Å². The quantitative estimate of drug-likeness (QED) is 0.173. The molecule has 7 nitrogen and oxygen atoms in total. The molecule has 49 heavy (non-hydrogen) atoms. The highest BCUT2D eigenvalue weighted by Gasteiger charge is 2.17. The maximum Gasteiger partial charge on any atom is 0.234 e. The lowest BCUT2D eigenvalue weighted by Gasteiger charge is -2.12. The zero-order valence-corrected chi connectivity index (χ0v) is 27.7. The van der Waals surface area contributed by atoms with Crippen LogP contribution in [0.15, 0.2) is 128 Å². The van der Waals surface area contributed by atoms with Crippen molar-refractivity contribution in [2.75, 3.05) is 0 Å². The summed E-state index contributed by atoms with van der Waals surface area (Å²) in [6.07, 6.45) is 7.18. The Morgan fingerprint density at radius 3 is 1.43 bits per heavy atom. The van der Waals surface area contributed by atoms with Gasteiger partial charge in [0.25, 0.3) is 0 Å². The SMILES string of the molecule is Cc1ccnc(-c2ccc(C)c(Oc3ccc4c5ccc(Oc6cc(-c7cc(C)ccn7)ccc6C)cc5n(-c5ncccn5)c4c3)c2)c1. The van der Waals surface area contributed by atoms with Crippen LogP contribution in [0.2, 0.25) is 0 Å². The topological polar surface area (TPSA) is 75.0 Å². The Hall–Kier alpha value is -6.34. The van der Waals surface area contributed by atoms with Gasteiger partial charge in [-0.25, -0.2) is 9.97 Å². The van der Waals surface area contributed by atoms with Crippen LogP contribution in [0.3, 0.4) is 0 Å². The van der Waals surface area contributed by atoms with E-state index in [1.165, 1.54) is 0 Å². The molecule has 0 aliphatic heterocycles. The molecule has 0 unspecified atom stereocenters. The molecule has 0 aliphatic rings. The van der Waals surface area contributed by atoms with Crippen LogP contribution in [-0.2, 0) is 0 Å². The first kappa shape index (κ1) is 30.0. The van der Waals surface area contributed by atoms with Crippen LogP contribution in [0.4, 0.5) is 0 Å². The van der Waals surface area contributed by atoms with E-state index in [-0.39, 0.29) is 0 Å². The van der Waals surface area contributed by atoms with E-state index in [1.807, 2.05) is 80.8 Å². The van der Waals surface area contributed by atoms with Crippen LogP contribution in [-0.4, -0.2) is 24.5 Å². The first-order chi connectivity index (χ1) is 23.9. The van der Waals surface area contributed by atoms with Crippen molar-refractivity contribution in [3.8, 4) is 51.5 Å². The molecule has 0 aliphatic carbocycles. The molecule has 4 aromatic heterocycles. The van der Waals surface area contributed by atoms with Crippen molar-refractivity contribution in [1.29, 1.82) is 0 Å². The first-order valence-corrected chi connectivity index (χ1v) is 16.2. The van der Waals surface area contributed by atoms with Gasteiger partial charge in [0.05, 0.1) is 22.4 Å². The highest BCUT2D eigenvalue weighted by Crippen LogP contribution is 2.39. The highest BCUT2D eigenvalue weighted by atomic mass is 16.5. The van der Waals surface area contributed by atoms with Gasteiger partial charge >= 0.3 is 0 Å². The van der Waals surface area contributed by atoms with Gasteiger partial charge in [-0.1, -0.05) is 24.3 Å². The standard InChI is InChI=1S/C42H33N5O2/c1-26-14-18-43-36(20-26)30-8-6-28(3)40(22-30)48-32-10-12-34-35-13-11-33(25-39(35)47(38(34)24-32)42-45-16-5-17-46-42)49-41-23-31(9-7-29(41)4)37-21-27(2)15-19-44-37/h5-25H,1-4H3. The minimum atomic E-state index is 0.559. The minimum Gasteiger partial charge on any atom is -0.457 e. The van der Waals surface area contributed by atoms with Gasteiger partial charge in [0.2, 0.25) is 5.95 Å². The summed E-state index contributed by atoms with van der Waals surface area (Å²) in [7, 11) is 0. The fraction of sp³-hybridized carbons (Fsp3) is 0.0952. The largest absolute Gasteiger partial charge is 0.457 e. The van der Waals surface area contributed by atoms with Gasteiger partial charge in [-0.15, -0.1) is 0 Å². The number of nitrogens with zero attached hydrogens (tertiary/aromatic N) is 5. The number of hydrogen-bond donors (Lipinski definition) is 0. The lowest BCUT2D eigenvalue weighted by Crippen LogP contribution is -2.00. The number of aromatic nitrogens is 5. The van der Waals surface area contributed by atoms with Crippen molar-refractivity contribution in [3.05, 3.63) is 150 Å². The molecule has 0 saturated carbocycles. The smallest absolute Gasteiger partial charge is 0.234 e. The normalized spacial score (nSPS) is 11.3. The summed E-state index contributed by atoms with van der Waals surface area (Å²) >= 11 is 0. The Morgan fingerprint density at radius 1 is 0.469 bits per heavy atom. The number of rotatable bonds is 7. The molecule has 0 amide bonds. The van der Waals surface area contributed by atoms with Crippen LogP contribution >= 0.6 is 0 Å². The Bertz CT molecular complexity index is 2350. The van der Waals surface area contributed by atoms with Gasteiger partial charge in [-0.2, -0.15) is 0 Å². The predicted molar refractivity (Wildman–Crippen MR) is 195 cm³/mol. The maximum atomic E-state index is 6.56. The lowest BCUT2D eigenvalue weighted by molar-refractivity contribution is 0.479. The summed E-state index contributed by atoms with van der Waals surface area (Å²) in [4.78, 5) is 18.4. The Kier molecular flexibility index (Phi) is 7.57. The van der Waals surface area contributed by atoms with Gasteiger partial charge in [0, 0.05) is 58.8 Å². The number of pyridine rings is 2. The van der Waals surface area contributed by atoms with E-state index in [9.17, 15) is 0 Å². The summed E-state index contributed by atoms with van der Waals surface area (Å²) in [6, 6.07) is 34.7. The van der Waals surface area contributed by atoms with E-state index in [1.54, 1.807) is 12.4 Å². The van der Waals surface area contributed by atoms with E-state index >= 15 is 0 Å². The molecule has 8 aromatic rings. The summed E-state index contributed by atoms with van der Waals surface area (Å²) in [5, 5.41) is 2.11. The zero-order chi connectivity index (χ0) is 33.5. The van der Waals surface area contributed by atoms with Crippen molar-refractivity contribution in [3.63, 3.8) is 0 Å². The second-order valence-corrected chi connectivity index (χ2v) is 12.3. The van der Waals surface area contributed by atoms with Gasteiger partial charge in [-0.05, 0) is 117 Å². The van der Waals surface area contributed by atoms with Crippen molar-refractivity contribution in [1.82, 2.24) is 24.5 Å². The molecule has 0 atom stereocenters. The molecule has 7 heteroatoms. The van der Waals surface area contributed by atoms with Crippen molar-refractivity contribution >= 4 is 21.8 Å². The number of fused-ring (bicyclic) bond motifs is 3. The molecule has 8 rings (SSSR count). The average Bonchev–Trinajstić information content (AvgIpc) is 3.43. The van der Waals surface area contributed by atoms with Crippen LogP contribution in [0.25, 0.3) is 50.3 Å². The molecule has 4 aromatic carbocycles. The van der Waals surface area contributed by atoms with E-state index in [2.05, 4.69) is 86.9 Å². The number of hydrogen-bond acceptors (Lipinski definition) is 6. The molecule has 0 radical (unpaired) electrons. The summed E-state index contributed by atoms with van der Waals surface area (Å²) in [5.74, 6) is 3.52. The Balaban J connectivity index is 1.20. The monoisotopic (exact) mass is 639 g/mol. The van der Waals surface area contributed by atoms with E-state index in [0.29, 0.717) is 17.4 Å². The van der Waals surface area contributed by atoms with Crippen molar-refractivity contribution in [2.24, 2.45) is 0 Å². The molecular weight excluding hydrogens is 606 g/mol. The fourth-order valence-electron chi connectivity index (χ4n) is 6.11. The summed E-state index contributed by atoms with van der Waals surface area (Å²) in [6.45, 7) is 8.23. The molecule has 0 N–H and O–H groups in total. The predicted octanol–water partition coefficient (Wildman–Crippen LogP) is 10.5. The van der Waals surface area contributed by atoms with Crippen LogP contribution < -0.4 is 9.47 Å². The van der Waals surface area contributed by atoms with Gasteiger partial charge in [0.1, 0.15) is 23.0 Å². The lowest BCUT2D eigenvalue weighted by atomic mass is 10.1. The summed E-state index contributed by atoms with van der Waals surface area (Å²) in [5.41, 5.74) is 10.0. The molecule has 0 bridgehead atoms. The maximum absolute atomic E-state index is 6.56. The third kappa shape index (κ3) is 5.87. The second-order valence-electron chi connectivity index (χ2n) is 12.3. The Labute approximate surface area is 284 Å². The van der Waals surface area contributed by atoms with E-state index in [0.717, 1.165) is 78.1 Å². The average molecular weight is 640 g/mol. The Morgan fingerprint density at radius 2 is 0.959 bits per heavy atom. The van der Waals surface area contributed by atoms with Gasteiger partial charge in [0.15, 0.2) is 0 Å². The number of aryl methyl sites for hydroxylation is 4. The zero-order valence-electron chi connectivity index (χ0n) is 27.7. The first-order valence-electron chi connectivity index (χ1n) is 16.2. The fourth-order valence-corrected chi connectivity index (χ4v) is 6.11. The van der Waals surface area contributed by atoms with Gasteiger partial charge < -0.3 is 9.47 Å². The van der Waals surface area contributed by atoms with Crippen molar-refractivity contribution < 1.29 is 9.47 Å². The molecule has 238 valence electrons. The van der Waals surface area contributed by atoms with Crippen LogP contribution in [0.5, 0.6) is 23.0 Å². The van der Waals surface area contributed by atoms with E-state index < -0.39 is 0 Å².